The molecule has 0 heterocycles. The number of halogens is 4. The van der Waals surface area contributed by atoms with Crippen LogP contribution in [0.2, 0.25) is 0 Å². The summed E-state index contributed by atoms with van der Waals surface area (Å²) in [6, 6.07) is 5.46. The van der Waals surface area contributed by atoms with E-state index in [4.69, 9.17) is 11.6 Å². The van der Waals surface area contributed by atoms with Crippen LogP contribution in [-0.4, -0.2) is 5.88 Å². The van der Waals surface area contributed by atoms with Gasteiger partial charge in [0.15, 0.2) is 0 Å². The summed E-state index contributed by atoms with van der Waals surface area (Å²) in [5.74, 6) is 0.546. The molecular weight excluding hydrogens is 285 g/mol. The Bertz CT molecular complexity index is 391. The van der Waals surface area contributed by atoms with E-state index in [-0.39, 0.29) is 5.41 Å². The predicted molar refractivity (Wildman–Crippen MR) is 78.1 cm³/mol. The fourth-order valence-electron chi connectivity index (χ4n) is 2.40. The molecule has 114 valence electrons. The highest BCUT2D eigenvalue weighted by Crippen LogP contribution is 2.35. The molecule has 1 aromatic carbocycles. The molecule has 0 N–H and O–H groups in total. The molecule has 0 bridgehead atoms. The molecular formula is C16H22ClF3. The van der Waals surface area contributed by atoms with Crippen LogP contribution in [0.25, 0.3) is 0 Å². The third-order valence-electron chi connectivity index (χ3n) is 3.95. The molecule has 1 atom stereocenters. The van der Waals surface area contributed by atoms with Crippen LogP contribution in [0.3, 0.4) is 0 Å². The number of hydrogen-bond donors (Lipinski definition) is 0. The van der Waals surface area contributed by atoms with Crippen molar-refractivity contribution in [2.75, 3.05) is 5.88 Å². The molecule has 0 aliphatic heterocycles. The third-order valence-corrected chi connectivity index (χ3v) is 4.52. The van der Waals surface area contributed by atoms with Crippen LogP contribution in [0.5, 0.6) is 0 Å². The first-order chi connectivity index (χ1) is 9.37. The van der Waals surface area contributed by atoms with Crippen molar-refractivity contribution in [3.8, 4) is 0 Å². The Balaban J connectivity index is 2.84. The lowest BCUT2D eigenvalue weighted by molar-refractivity contribution is -0.137. The van der Waals surface area contributed by atoms with Gasteiger partial charge in [0.05, 0.1) is 5.56 Å². The van der Waals surface area contributed by atoms with E-state index in [0.717, 1.165) is 49.8 Å². The summed E-state index contributed by atoms with van der Waals surface area (Å²) >= 11 is 6.13. The van der Waals surface area contributed by atoms with Gasteiger partial charge in [-0.15, -0.1) is 11.6 Å². The molecule has 0 amide bonds. The molecule has 0 aromatic heterocycles. The van der Waals surface area contributed by atoms with Gasteiger partial charge in [-0.25, -0.2) is 0 Å². The standard InChI is InChI=1S/C16H22ClF3/c1-3-5-10-15(4-2,12-17)11-13-6-8-14(9-7-13)16(18,19)20/h6-9H,3-5,10-12H2,1-2H3. The van der Waals surface area contributed by atoms with Crippen molar-refractivity contribution < 1.29 is 13.2 Å². The van der Waals surface area contributed by atoms with Gasteiger partial charge >= 0.3 is 6.18 Å². The molecule has 4 heteroatoms. The first kappa shape index (κ1) is 17.4. The maximum Gasteiger partial charge on any atom is 0.416 e. The van der Waals surface area contributed by atoms with Crippen molar-refractivity contribution in [1.29, 1.82) is 0 Å². The van der Waals surface area contributed by atoms with Gasteiger partial charge in [0.2, 0.25) is 0 Å². The molecule has 1 unspecified atom stereocenters. The van der Waals surface area contributed by atoms with Crippen LogP contribution in [0, 0.1) is 5.41 Å². The second kappa shape index (κ2) is 7.35. The molecule has 0 nitrogen and oxygen atoms in total. The lowest BCUT2D eigenvalue weighted by atomic mass is 9.77. The van der Waals surface area contributed by atoms with Gasteiger partial charge in [-0.05, 0) is 42.4 Å². The van der Waals surface area contributed by atoms with E-state index in [2.05, 4.69) is 13.8 Å². The van der Waals surface area contributed by atoms with E-state index in [1.165, 1.54) is 0 Å². The normalized spacial score (nSPS) is 15.1. The number of alkyl halides is 4. The number of hydrogen-bond acceptors (Lipinski definition) is 0. The van der Waals surface area contributed by atoms with Gasteiger partial charge in [0.1, 0.15) is 0 Å². The van der Waals surface area contributed by atoms with Crippen LogP contribution in [0.4, 0.5) is 13.2 Å². The molecule has 1 aromatic rings. The lowest BCUT2D eigenvalue weighted by Crippen LogP contribution is -2.25. The first-order valence-electron chi connectivity index (χ1n) is 7.09. The monoisotopic (exact) mass is 306 g/mol. The van der Waals surface area contributed by atoms with Crippen molar-refractivity contribution in [2.45, 2.75) is 52.1 Å². The maximum atomic E-state index is 12.5. The van der Waals surface area contributed by atoms with Crippen molar-refractivity contribution in [3.05, 3.63) is 35.4 Å². The Morgan fingerprint density at radius 3 is 2.05 bits per heavy atom. The summed E-state index contributed by atoms with van der Waals surface area (Å²) in [5.41, 5.74) is 0.330. The minimum atomic E-state index is -4.27. The molecule has 0 aliphatic rings. The molecule has 1 rings (SSSR count). The summed E-state index contributed by atoms with van der Waals surface area (Å²) < 4.78 is 37.6. The largest absolute Gasteiger partial charge is 0.416 e. The topological polar surface area (TPSA) is 0 Å². The fraction of sp³-hybridized carbons (Fsp3) is 0.625. The number of rotatable bonds is 7. The molecule has 0 saturated heterocycles. The van der Waals surface area contributed by atoms with E-state index >= 15 is 0 Å². The Labute approximate surface area is 124 Å². The molecule has 0 aliphatic carbocycles. The molecule has 0 saturated carbocycles. The van der Waals surface area contributed by atoms with Crippen LogP contribution < -0.4 is 0 Å². The van der Waals surface area contributed by atoms with E-state index in [9.17, 15) is 13.2 Å². The highest BCUT2D eigenvalue weighted by Gasteiger charge is 2.31. The van der Waals surface area contributed by atoms with Gasteiger partial charge in [0, 0.05) is 5.88 Å². The second-order valence-electron chi connectivity index (χ2n) is 5.46. The Morgan fingerprint density at radius 1 is 1.05 bits per heavy atom. The van der Waals surface area contributed by atoms with E-state index < -0.39 is 11.7 Å². The average Bonchev–Trinajstić information content (AvgIpc) is 2.43. The summed E-state index contributed by atoms with van der Waals surface area (Å²) in [5, 5.41) is 0. The average molecular weight is 307 g/mol. The summed E-state index contributed by atoms with van der Waals surface area (Å²) in [6.07, 6.45) is 0.634. The van der Waals surface area contributed by atoms with E-state index in [0.29, 0.717) is 5.88 Å². The van der Waals surface area contributed by atoms with Crippen LogP contribution >= 0.6 is 11.6 Å². The third kappa shape index (κ3) is 4.69. The summed E-state index contributed by atoms with van der Waals surface area (Å²) in [6.45, 7) is 4.23. The Morgan fingerprint density at radius 2 is 1.65 bits per heavy atom. The summed E-state index contributed by atoms with van der Waals surface area (Å²) in [7, 11) is 0. The summed E-state index contributed by atoms with van der Waals surface area (Å²) in [4.78, 5) is 0. The highest BCUT2D eigenvalue weighted by molar-refractivity contribution is 6.18. The molecule has 20 heavy (non-hydrogen) atoms. The Kier molecular flexibility index (Phi) is 6.38. The zero-order chi connectivity index (χ0) is 15.2. The zero-order valence-corrected chi connectivity index (χ0v) is 12.8. The quantitative estimate of drug-likeness (QED) is 0.536. The molecule has 0 radical (unpaired) electrons. The van der Waals surface area contributed by atoms with Gasteiger partial charge < -0.3 is 0 Å². The zero-order valence-electron chi connectivity index (χ0n) is 12.1. The van der Waals surface area contributed by atoms with Crippen LogP contribution in [0.1, 0.15) is 50.7 Å². The Hall–Kier alpha value is -0.700. The van der Waals surface area contributed by atoms with Gasteiger partial charge in [-0.2, -0.15) is 13.2 Å². The number of unbranched alkanes of at least 4 members (excludes halogenated alkanes) is 1. The highest BCUT2D eigenvalue weighted by atomic mass is 35.5. The minimum Gasteiger partial charge on any atom is -0.166 e. The van der Waals surface area contributed by atoms with Crippen LogP contribution in [-0.2, 0) is 12.6 Å². The molecule has 0 spiro atoms. The van der Waals surface area contributed by atoms with Gasteiger partial charge in [-0.3, -0.25) is 0 Å². The molecule has 0 fully saturated rings. The first-order valence-corrected chi connectivity index (χ1v) is 7.62. The van der Waals surface area contributed by atoms with Gasteiger partial charge in [-0.1, -0.05) is 38.8 Å². The predicted octanol–water partition coefficient (Wildman–Crippen LogP) is 6.07. The van der Waals surface area contributed by atoms with Crippen molar-refractivity contribution in [1.82, 2.24) is 0 Å². The van der Waals surface area contributed by atoms with Crippen molar-refractivity contribution in [3.63, 3.8) is 0 Å². The van der Waals surface area contributed by atoms with Crippen molar-refractivity contribution in [2.24, 2.45) is 5.41 Å². The van der Waals surface area contributed by atoms with Gasteiger partial charge in [0.25, 0.3) is 0 Å². The smallest absolute Gasteiger partial charge is 0.166 e. The van der Waals surface area contributed by atoms with E-state index in [1.807, 2.05) is 0 Å². The second-order valence-corrected chi connectivity index (χ2v) is 5.73. The van der Waals surface area contributed by atoms with Crippen LogP contribution in [0.15, 0.2) is 24.3 Å². The lowest BCUT2D eigenvalue weighted by Gasteiger charge is -2.31. The number of benzene rings is 1. The SMILES string of the molecule is CCCCC(CC)(CCl)Cc1ccc(C(F)(F)F)cc1. The fourth-order valence-corrected chi connectivity index (χ4v) is 2.81. The van der Waals surface area contributed by atoms with Crippen molar-refractivity contribution >= 4 is 11.6 Å². The van der Waals surface area contributed by atoms with E-state index in [1.54, 1.807) is 12.1 Å². The minimum absolute atomic E-state index is 0.00266. The maximum absolute atomic E-state index is 12.5.